The summed E-state index contributed by atoms with van der Waals surface area (Å²) in [4.78, 5) is 49.3. The van der Waals surface area contributed by atoms with Gasteiger partial charge in [0.05, 0.1) is 35.6 Å². The number of ether oxygens (including phenoxy) is 1. The van der Waals surface area contributed by atoms with Crippen LogP contribution in [0.25, 0.3) is 0 Å². The van der Waals surface area contributed by atoms with Gasteiger partial charge in [0.15, 0.2) is 0 Å². The second kappa shape index (κ2) is 7.09. The van der Waals surface area contributed by atoms with Crippen LogP contribution in [0.5, 0.6) is 0 Å². The number of nitrogens with one attached hydrogen (secondary N) is 1. The van der Waals surface area contributed by atoms with E-state index in [1.807, 2.05) is 0 Å². The van der Waals surface area contributed by atoms with Gasteiger partial charge in [-0.1, -0.05) is 0 Å². The first-order valence-corrected chi connectivity index (χ1v) is 7.84. The van der Waals surface area contributed by atoms with Gasteiger partial charge in [0.25, 0.3) is 11.8 Å². The van der Waals surface area contributed by atoms with Crippen molar-refractivity contribution in [3.63, 3.8) is 0 Å². The molecule has 0 atom stereocenters. The van der Waals surface area contributed by atoms with E-state index in [9.17, 15) is 19.2 Å². The van der Waals surface area contributed by atoms with Crippen LogP contribution in [0.1, 0.15) is 37.5 Å². The molecule has 1 aliphatic rings. The lowest BCUT2D eigenvalue weighted by atomic mass is 10.1. The van der Waals surface area contributed by atoms with Crippen LogP contribution in [0.4, 0.5) is 11.4 Å². The van der Waals surface area contributed by atoms with Crippen molar-refractivity contribution in [2.45, 2.75) is 6.42 Å². The maximum atomic E-state index is 12.7. The van der Waals surface area contributed by atoms with Crippen LogP contribution in [0.3, 0.4) is 0 Å². The van der Waals surface area contributed by atoms with Gasteiger partial charge in [-0.15, -0.1) is 0 Å². The minimum atomic E-state index is -0.544. The summed E-state index contributed by atoms with van der Waals surface area (Å²) in [6.07, 6.45) is -0.317. The molecule has 0 unspecified atom stereocenters. The van der Waals surface area contributed by atoms with E-state index in [4.69, 9.17) is 5.26 Å². The standard InChI is InChI=1S/C19H13N3O5/c1-27-19(26)11-2-5-13(6-3-11)22-17(24)14-7-4-12(10-15(14)18(22)25)21-16(23)8-9-20/h2-7,10H,8H2,1H3,(H,21,23). The molecule has 0 saturated carbocycles. The molecule has 0 aromatic heterocycles. The zero-order chi connectivity index (χ0) is 19.6. The number of anilines is 2. The molecule has 8 nitrogen and oxygen atoms in total. The average Bonchev–Trinajstić information content (AvgIpc) is 2.91. The minimum absolute atomic E-state index is 0.145. The van der Waals surface area contributed by atoms with Gasteiger partial charge in [-0.25, -0.2) is 9.69 Å². The fourth-order valence-electron chi connectivity index (χ4n) is 2.69. The summed E-state index contributed by atoms with van der Waals surface area (Å²) < 4.78 is 4.62. The molecular weight excluding hydrogens is 350 g/mol. The predicted octanol–water partition coefficient (Wildman–Crippen LogP) is 2.13. The quantitative estimate of drug-likeness (QED) is 0.657. The summed E-state index contributed by atoms with van der Waals surface area (Å²) in [6.45, 7) is 0. The predicted molar refractivity (Wildman–Crippen MR) is 94.2 cm³/mol. The van der Waals surface area contributed by atoms with Gasteiger partial charge in [0.1, 0.15) is 6.42 Å². The van der Waals surface area contributed by atoms with E-state index in [0.717, 1.165) is 4.90 Å². The van der Waals surface area contributed by atoms with E-state index in [0.29, 0.717) is 16.9 Å². The number of carbonyl (C=O) groups is 4. The smallest absolute Gasteiger partial charge is 0.337 e. The number of esters is 1. The van der Waals surface area contributed by atoms with Crippen LogP contribution >= 0.6 is 0 Å². The number of hydrogen-bond donors (Lipinski definition) is 1. The molecule has 134 valence electrons. The van der Waals surface area contributed by atoms with Crippen molar-refractivity contribution in [1.82, 2.24) is 0 Å². The van der Waals surface area contributed by atoms with Gasteiger partial charge >= 0.3 is 5.97 Å². The van der Waals surface area contributed by atoms with Crippen LogP contribution in [0.2, 0.25) is 0 Å². The number of fused-ring (bicyclic) bond motifs is 1. The molecule has 0 saturated heterocycles. The Morgan fingerprint density at radius 1 is 1.07 bits per heavy atom. The van der Waals surface area contributed by atoms with Gasteiger partial charge in [-0.3, -0.25) is 14.4 Å². The molecule has 3 rings (SSSR count). The molecule has 1 aliphatic heterocycles. The third-order valence-corrected chi connectivity index (χ3v) is 3.96. The lowest BCUT2D eigenvalue weighted by Crippen LogP contribution is -2.29. The highest BCUT2D eigenvalue weighted by Gasteiger charge is 2.36. The number of hydrogen-bond acceptors (Lipinski definition) is 6. The number of imide groups is 1. The zero-order valence-corrected chi connectivity index (χ0v) is 14.2. The fraction of sp³-hybridized carbons (Fsp3) is 0.105. The maximum absolute atomic E-state index is 12.7. The van der Waals surface area contributed by atoms with Gasteiger partial charge in [0, 0.05) is 5.69 Å². The van der Waals surface area contributed by atoms with Crippen molar-refractivity contribution in [3.8, 4) is 6.07 Å². The van der Waals surface area contributed by atoms with E-state index >= 15 is 0 Å². The normalized spacial score (nSPS) is 12.4. The van der Waals surface area contributed by atoms with E-state index in [2.05, 4.69) is 10.1 Å². The van der Waals surface area contributed by atoms with E-state index in [-0.39, 0.29) is 17.5 Å². The summed E-state index contributed by atoms with van der Waals surface area (Å²) in [7, 11) is 1.26. The minimum Gasteiger partial charge on any atom is -0.465 e. The van der Waals surface area contributed by atoms with E-state index in [1.54, 1.807) is 6.07 Å². The Morgan fingerprint density at radius 3 is 2.37 bits per heavy atom. The highest BCUT2D eigenvalue weighted by molar-refractivity contribution is 6.34. The summed E-state index contributed by atoms with van der Waals surface area (Å²) in [5, 5.41) is 11.0. The molecule has 0 fully saturated rings. The first-order chi connectivity index (χ1) is 13.0. The van der Waals surface area contributed by atoms with Crippen LogP contribution in [0.15, 0.2) is 42.5 Å². The molecule has 0 spiro atoms. The van der Waals surface area contributed by atoms with Crippen LogP contribution in [0, 0.1) is 11.3 Å². The number of methoxy groups -OCH3 is 1. The van der Waals surface area contributed by atoms with Crippen LogP contribution < -0.4 is 10.2 Å². The Kier molecular flexibility index (Phi) is 4.68. The maximum Gasteiger partial charge on any atom is 0.337 e. The molecule has 2 aromatic rings. The molecule has 8 heteroatoms. The number of rotatable bonds is 4. The lowest BCUT2D eigenvalue weighted by molar-refractivity contribution is -0.115. The summed E-state index contributed by atoms with van der Waals surface area (Å²) in [5.74, 6) is -2.08. The van der Waals surface area contributed by atoms with Crippen molar-refractivity contribution >= 4 is 35.1 Å². The van der Waals surface area contributed by atoms with Crippen molar-refractivity contribution in [2.24, 2.45) is 0 Å². The van der Waals surface area contributed by atoms with Crippen LogP contribution in [-0.4, -0.2) is 30.8 Å². The van der Waals surface area contributed by atoms with Crippen molar-refractivity contribution in [1.29, 1.82) is 5.26 Å². The van der Waals surface area contributed by atoms with Gasteiger partial charge in [-0.05, 0) is 42.5 Å². The summed E-state index contributed by atoms with van der Waals surface area (Å²) >= 11 is 0. The van der Waals surface area contributed by atoms with Crippen molar-refractivity contribution in [2.75, 3.05) is 17.3 Å². The molecule has 0 radical (unpaired) electrons. The largest absolute Gasteiger partial charge is 0.465 e. The van der Waals surface area contributed by atoms with Crippen LogP contribution in [-0.2, 0) is 9.53 Å². The Labute approximate surface area is 153 Å². The fourth-order valence-corrected chi connectivity index (χ4v) is 2.69. The summed E-state index contributed by atoms with van der Waals surface area (Å²) in [5.41, 5.74) is 1.27. The number of carbonyl (C=O) groups excluding carboxylic acids is 4. The molecule has 0 bridgehead atoms. The van der Waals surface area contributed by atoms with Gasteiger partial charge in [-0.2, -0.15) is 5.26 Å². The topological polar surface area (TPSA) is 117 Å². The highest BCUT2D eigenvalue weighted by atomic mass is 16.5. The molecule has 3 amide bonds. The molecule has 0 aliphatic carbocycles. The Morgan fingerprint density at radius 2 is 1.74 bits per heavy atom. The van der Waals surface area contributed by atoms with Gasteiger partial charge < -0.3 is 10.1 Å². The molecular formula is C19H13N3O5. The third kappa shape index (κ3) is 3.26. The second-order valence-corrected chi connectivity index (χ2v) is 5.63. The Bertz CT molecular complexity index is 1000. The van der Waals surface area contributed by atoms with E-state index in [1.165, 1.54) is 49.6 Å². The highest BCUT2D eigenvalue weighted by Crippen LogP contribution is 2.30. The third-order valence-electron chi connectivity index (χ3n) is 3.96. The second-order valence-electron chi connectivity index (χ2n) is 5.63. The number of benzene rings is 2. The van der Waals surface area contributed by atoms with Crippen molar-refractivity contribution < 1.29 is 23.9 Å². The Balaban J connectivity index is 1.89. The zero-order valence-electron chi connectivity index (χ0n) is 14.2. The molecule has 1 heterocycles. The molecule has 2 aromatic carbocycles. The number of amides is 3. The lowest BCUT2D eigenvalue weighted by Gasteiger charge is -2.14. The Hall–Kier alpha value is -3.99. The molecule has 27 heavy (non-hydrogen) atoms. The first-order valence-electron chi connectivity index (χ1n) is 7.84. The SMILES string of the molecule is COC(=O)c1ccc(N2C(=O)c3ccc(NC(=O)CC#N)cc3C2=O)cc1. The van der Waals surface area contributed by atoms with Crippen molar-refractivity contribution in [3.05, 3.63) is 59.2 Å². The molecule has 1 N–H and O–H groups in total. The van der Waals surface area contributed by atoms with E-state index < -0.39 is 23.7 Å². The first kappa shape index (κ1) is 17.8. The summed E-state index contributed by atoms with van der Waals surface area (Å²) in [6, 6.07) is 11.9. The average molecular weight is 363 g/mol. The monoisotopic (exact) mass is 363 g/mol. The van der Waals surface area contributed by atoms with Gasteiger partial charge in [0.2, 0.25) is 5.91 Å². The number of nitrogens with zero attached hydrogens (tertiary/aromatic N) is 2. The number of nitriles is 1.